The molecule has 25 heavy (non-hydrogen) atoms. The molecule has 0 amide bonds. The van der Waals surface area contributed by atoms with Gasteiger partial charge in [-0.15, -0.1) is 0 Å². The smallest absolute Gasteiger partial charge is 0.360 e. The molecule has 2 aliphatic rings. The van der Waals surface area contributed by atoms with Crippen LogP contribution in [0.5, 0.6) is 0 Å². The van der Waals surface area contributed by atoms with Gasteiger partial charge in [0.05, 0.1) is 6.61 Å². The number of ether oxygens (including phenoxy) is 2. The van der Waals surface area contributed by atoms with E-state index in [9.17, 15) is 19.8 Å². The molecule has 0 spiro atoms. The second-order valence-electron chi connectivity index (χ2n) is 5.76. The molecular formula is C14H19N3O8. The predicted molar refractivity (Wildman–Crippen MR) is 80.2 cm³/mol. The molecule has 1 aromatic rings. The Morgan fingerprint density at radius 2 is 2.24 bits per heavy atom. The van der Waals surface area contributed by atoms with Crippen molar-refractivity contribution in [3.8, 4) is 0 Å². The Bertz CT molecular complexity index is 674. The minimum absolute atomic E-state index is 0.0145. The van der Waals surface area contributed by atoms with Crippen LogP contribution in [0.4, 0.5) is 5.82 Å². The predicted octanol–water partition coefficient (Wildman–Crippen LogP) is -2.10. The fourth-order valence-corrected chi connectivity index (χ4v) is 2.70. The number of aliphatic hydroxyl groups is 3. The lowest BCUT2D eigenvalue weighted by Crippen LogP contribution is -2.36. The van der Waals surface area contributed by atoms with Crippen molar-refractivity contribution in [1.82, 2.24) is 9.55 Å². The van der Waals surface area contributed by atoms with Gasteiger partial charge in [-0.1, -0.05) is 0 Å². The fraction of sp³-hybridized carbons (Fsp3) is 0.643. The lowest BCUT2D eigenvalue weighted by atomic mass is 10.1. The SMILES string of the molecule is O=C(ONc1ccn([C@@H]2O[C@H](CO)[C@@H](O)[C@H]2O)c(=O)n1)[C@H]1CCCO1. The first-order valence-corrected chi connectivity index (χ1v) is 7.81. The zero-order chi connectivity index (χ0) is 18.0. The maximum atomic E-state index is 12.1. The van der Waals surface area contributed by atoms with E-state index in [1.807, 2.05) is 0 Å². The van der Waals surface area contributed by atoms with E-state index < -0.39 is 48.9 Å². The molecule has 3 rings (SSSR count). The van der Waals surface area contributed by atoms with Crippen molar-refractivity contribution in [2.75, 3.05) is 18.7 Å². The van der Waals surface area contributed by atoms with Crippen LogP contribution >= 0.6 is 0 Å². The van der Waals surface area contributed by atoms with Gasteiger partial charge in [-0.05, 0) is 12.8 Å². The highest BCUT2D eigenvalue weighted by Crippen LogP contribution is 2.28. The maximum Gasteiger partial charge on any atom is 0.360 e. The number of hydrogen-bond donors (Lipinski definition) is 4. The second-order valence-corrected chi connectivity index (χ2v) is 5.76. The van der Waals surface area contributed by atoms with Gasteiger partial charge in [0, 0.05) is 18.9 Å². The summed E-state index contributed by atoms with van der Waals surface area (Å²) < 4.78 is 11.4. The Hall–Kier alpha value is -2.05. The molecule has 0 radical (unpaired) electrons. The van der Waals surface area contributed by atoms with Crippen molar-refractivity contribution < 1.29 is 34.4 Å². The summed E-state index contributed by atoms with van der Waals surface area (Å²) in [5, 5.41) is 28.7. The van der Waals surface area contributed by atoms with E-state index in [2.05, 4.69) is 10.5 Å². The molecule has 5 atom stereocenters. The van der Waals surface area contributed by atoms with Crippen LogP contribution in [0.15, 0.2) is 17.1 Å². The van der Waals surface area contributed by atoms with Crippen molar-refractivity contribution in [2.24, 2.45) is 0 Å². The van der Waals surface area contributed by atoms with Gasteiger partial charge in [0.15, 0.2) is 18.1 Å². The molecule has 11 nitrogen and oxygen atoms in total. The van der Waals surface area contributed by atoms with E-state index in [-0.39, 0.29) is 5.82 Å². The van der Waals surface area contributed by atoms with Crippen molar-refractivity contribution in [2.45, 2.75) is 43.5 Å². The Balaban J connectivity index is 1.65. The van der Waals surface area contributed by atoms with E-state index in [1.165, 1.54) is 12.3 Å². The number of aliphatic hydroxyl groups excluding tert-OH is 3. The highest BCUT2D eigenvalue weighted by atomic mass is 16.7. The molecule has 0 aliphatic carbocycles. The number of aromatic nitrogens is 2. The van der Waals surface area contributed by atoms with Gasteiger partial charge in [-0.25, -0.2) is 15.1 Å². The summed E-state index contributed by atoms with van der Waals surface area (Å²) in [6, 6.07) is 1.33. The van der Waals surface area contributed by atoms with Crippen molar-refractivity contribution in [3.05, 3.63) is 22.7 Å². The first-order chi connectivity index (χ1) is 12.0. The summed E-state index contributed by atoms with van der Waals surface area (Å²) in [7, 11) is 0. The van der Waals surface area contributed by atoms with Crippen molar-refractivity contribution >= 4 is 11.8 Å². The minimum atomic E-state index is -1.40. The fourth-order valence-electron chi connectivity index (χ4n) is 2.70. The minimum Gasteiger partial charge on any atom is -0.394 e. The Morgan fingerprint density at radius 3 is 2.84 bits per heavy atom. The van der Waals surface area contributed by atoms with Crippen LogP contribution in [0.2, 0.25) is 0 Å². The highest BCUT2D eigenvalue weighted by Gasteiger charge is 2.43. The summed E-state index contributed by atoms with van der Waals surface area (Å²) in [6.07, 6.45) is -2.93. The third-order valence-electron chi connectivity index (χ3n) is 4.07. The molecule has 0 saturated carbocycles. The van der Waals surface area contributed by atoms with Crippen LogP contribution in [-0.4, -0.2) is 68.5 Å². The lowest BCUT2D eigenvalue weighted by molar-refractivity contribution is -0.151. The van der Waals surface area contributed by atoms with E-state index in [0.717, 1.165) is 11.0 Å². The van der Waals surface area contributed by atoms with Crippen LogP contribution in [-0.2, 0) is 19.1 Å². The number of anilines is 1. The topological polar surface area (TPSA) is 152 Å². The highest BCUT2D eigenvalue weighted by molar-refractivity contribution is 5.75. The van der Waals surface area contributed by atoms with Gasteiger partial charge in [0.25, 0.3) is 0 Å². The number of carbonyl (C=O) groups is 1. The molecule has 4 N–H and O–H groups in total. The van der Waals surface area contributed by atoms with E-state index in [0.29, 0.717) is 13.0 Å². The molecule has 2 aliphatic heterocycles. The Labute approximate surface area is 141 Å². The van der Waals surface area contributed by atoms with E-state index >= 15 is 0 Å². The average Bonchev–Trinajstić information content (AvgIpc) is 3.23. The van der Waals surface area contributed by atoms with E-state index in [1.54, 1.807) is 0 Å². The average molecular weight is 357 g/mol. The van der Waals surface area contributed by atoms with Crippen LogP contribution in [0.25, 0.3) is 0 Å². The molecule has 0 unspecified atom stereocenters. The molecule has 2 saturated heterocycles. The summed E-state index contributed by atoms with van der Waals surface area (Å²) >= 11 is 0. The molecule has 2 fully saturated rings. The molecule has 0 aromatic carbocycles. The maximum absolute atomic E-state index is 12.1. The summed E-state index contributed by atoms with van der Waals surface area (Å²) in [4.78, 5) is 32.3. The first-order valence-electron chi connectivity index (χ1n) is 7.81. The number of carbonyl (C=O) groups excluding carboxylic acids is 1. The largest absolute Gasteiger partial charge is 0.394 e. The molecule has 0 bridgehead atoms. The number of nitrogens with zero attached hydrogens (tertiary/aromatic N) is 2. The molecule has 3 heterocycles. The Morgan fingerprint density at radius 1 is 1.44 bits per heavy atom. The third kappa shape index (κ3) is 3.65. The van der Waals surface area contributed by atoms with E-state index in [4.69, 9.17) is 19.4 Å². The molecule has 138 valence electrons. The molecular weight excluding hydrogens is 338 g/mol. The van der Waals surface area contributed by atoms with Crippen LogP contribution in [0.3, 0.4) is 0 Å². The third-order valence-corrected chi connectivity index (χ3v) is 4.07. The monoisotopic (exact) mass is 357 g/mol. The summed E-state index contributed by atoms with van der Waals surface area (Å²) in [5.74, 6) is -0.619. The number of hydrogen-bond acceptors (Lipinski definition) is 10. The van der Waals surface area contributed by atoms with Crippen molar-refractivity contribution in [1.29, 1.82) is 0 Å². The normalized spacial score (nSPS) is 31.9. The van der Waals surface area contributed by atoms with Crippen LogP contribution in [0, 0.1) is 0 Å². The molecule has 11 heteroatoms. The zero-order valence-electron chi connectivity index (χ0n) is 13.1. The van der Waals surface area contributed by atoms with Gasteiger partial charge in [-0.3, -0.25) is 4.57 Å². The van der Waals surface area contributed by atoms with Crippen LogP contribution in [0.1, 0.15) is 19.1 Å². The lowest BCUT2D eigenvalue weighted by Gasteiger charge is -2.17. The van der Waals surface area contributed by atoms with Gasteiger partial charge in [0.2, 0.25) is 0 Å². The van der Waals surface area contributed by atoms with Crippen molar-refractivity contribution in [3.63, 3.8) is 0 Å². The van der Waals surface area contributed by atoms with Gasteiger partial charge in [-0.2, -0.15) is 4.98 Å². The van der Waals surface area contributed by atoms with Crippen LogP contribution < -0.4 is 11.2 Å². The Kier molecular flexibility index (Phi) is 5.30. The van der Waals surface area contributed by atoms with Gasteiger partial charge < -0.3 is 29.6 Å². The van der Waals surface area contributed by atoms with Gasteiger partial charge >= 0.3 is 11.7 Å². The number of nitrogens with one attached hydrogen (secondary N) is 1. The quantitative estimate of drug-likeness (QED) is 0.431. The summed E-state index contributed by atoms with van der Waals surface area (Å²) in [5.41, 5.74) is 1.48. The zero-order valence-corrected chi connectivity index (χ0v) is 13.1. The standard InChI is InChI=1S/C14H19N3O8/c18-6-8-10(19)11(20)12(24-8)17-4-3-9(15-14(17)22)16-25-13(21)7-2-1-5-23-7/h3-4,7-8,10-12,18-20H,1-2,5-6H2,(H,15,16,22)/t7-,8-,10-,11-,12-/m1/s1. The van der Waals surface area contributed by atoms with Gasteiger partial charge in [0.1, 0.15) is 18.3 Å². The molecule has 1 aromatic heterocycles. The summed E-state index contributed by atoms with van der Waals surface area (Å²) in [6.45, 7) is -0.00576. The second kappa shape index (κ2) is 7.45. The first kappa shape index (κ1) is 17.8. The number of rotatable bonds is 5.